The van der Waals surface area contributed by atoms with Gasteiger partial charge in [0.15, 0.2) is 0 Å². The number of nitrogens with one attached hydrogen (secondary N) is 2. The summed E-state index contributed by atoms with van der Waals surface area (Å²) in [5.41, 5.74) is 0.130. The van der Waals surface area contributed by atoms with Crippen molar-refractivity contribution in [2.45, 2.75) is 69.2 Å². The Balaban J connectivity index is 1.73. The normalized spacial score (nSPS) is 19.3. The predicted molar refractivity (Wildman–Crippen MR) is 123 cm³/mol. The first-order chi connectivity index (χ1) is 14.6. The van der Waals surface area contributed by atoms with Crippen LogP contribution < -0.4 is 10.6 Å². The minimum atomic E-state index is -3.65. The van der Waals surface area contributed by atoms with Crippen molar-refractivity contribution in [3.63, 3.8) is 0 Å². The largest absolute Gasteiger partial charge is 0.353 e. The van der Waals surface area contributed by atoms with Gasteiger partial charge < -0.3 is 10.6 Å². The molecule has 174 valence electrons. The van der Waals surface area contributed by atoms with E-state index in [0.717, 1.165) is 30.0 Å². The number of unbranched alkanes of at least 4 members (excludes halogenated alkanes) is 2. The van der Waals surface area contributed by atoms with Gasteiger partial charge in [-0.25, -0.2) is 12.7 Å². The molecular weight excluding hydrogens is 438 g/mol. The molecule has 31 heavy (non-hydrogen) atoms. The van der Waals surface area contributed by atoms with E-state index in [1.807, 2.05) is 0 Å². The fourth-order valence-electron chi connectivity index (χ4n) is 3.74. The number of sulfonamides is 1. The highest BCUT2D eigenvalue weighted by molar-refractivity contribution is 7.89. The third kappa shape index (κ3) is 7.47. The van der Waals surface area contributed by atoms with Crippen LogP contribution in [0.25, 0.3) is 0 Å². The van der Waals surface area contributed by atoms with E-state index in [4.69, 9.17) is 11.6 Å². The van der Waals surface area contributed by atoms with Crippen molar-refractivity contribution in [3.8, 4) is 0 Å². The molecule has 2 rings (SSSR count). The van der Waals surface area contributed by atoms with Gasteiger partial charge in [-0.3, -0.25) is 9.59 Å². The predicted octanol–water partition coefficient (Wildman–Crippen LogP) is 3.58. The van der Waals surface area contributed by atoms with Gasteiger partial charge in [-0.05, 0) is 49.8 Å². The molecule has 0 aliphatic heterocycles. The molecule has 1 fully saturated rings. The smallest absolute Gasteiger partial charge is 0.252 e. The Labute approximate surface area is 191 Å². The monoisotopic (exact) mass is 471 g/mol. The Morgan fingerprint density at radius 2 is 1.84 bits per heavy atom. The van der Waals surface area contributed by atoms with Crippen molar-refractivity contribution in [2.75, 3.05) is 20.6 Å². The summed E-state index contributed by atoms with van der Waals surface area (Å²) < 4.78 is 25.6. The average Bonchev–Trinajstić information content (AvgIpc) is 2.72. The van der Waals surface area contributed by atoms with Gasteiger partial charge in [0.2, 0.25) is 15.9 Å². The maximum Gasteiger partial charge on any atom is 0.252 e. The Hall–Kier alpha value is -1.64. The number of hydrogen-bond donors (Lipinski definition) is 2. The summed E-state index contributed by atoms with van der Waals surface area (Å²) in [7, 11) is -0.787. The summed E-state index contributed by atoms with van der Waals surface area (Å²) in [6.07, 6.45) is 7.48. The Morgan fingerprint density at radius 3 is 2.52 bits per heavy atom. The maximum absolute atomic E-state index is 12.4. The molecule has 2 unspecified atom stereocenters. The van der Waals surface area contributed by atoms with Crippen LogP contribution in [0.3, 0.4) is 0 Å². The lowest BCUT2D eigenvalue weighted by Crippen LogP contribution is -2.40. The van der Waals surface area contributed by atoms with Gasteiger partial charge in [0.25, 0.3) is 5.91 Å². The van der Waals surface area contributed by atoms with Crippen molar-refractivity contribution in [3.05, 3.63) is 28.8 Å². The van der Waals surface area contributed by atoms with Gasteiger partial charge in [0.1, 0.15) is 0 Å². The van der Waals surface area contributed by atoms with Crippen LogP contribution in [0, 0.1) is 5.92 Å². The van der Waals surface area contributed by atoms with Crippen LogP contribution in [0.4, 0.5) is 0 Å². The van der Waals surface area contributed by atoms with E-state index in [1.165, 1.54) is 51.6 Å². The van der Waals surface area contributed by atoms with E-state index in [2.05, 4.69) is 17.6 Å². The summed E-state index contributed by atoms with van der Waals surface area (Å²) in [6, 6.07) is 4.40. The molecule has 1 saturated carbocycles. The molecule has 0 bridgehead atoms. The van der Waals surface area contributed by atoms with E-state index in [-0.39, 0.29) is 21.4 Å². The number of benzene rings is 1. The topological polar surface area (TPSA) is 95.6 Å². The summed E-state index contributed by atoms with van der Waals surface area (Å²) in [6.45, 7) is 2.63. The van der Waals surface area contributed by atoms with Crippen molar-refractivity contribution in [1.82, 2.24) is 14.9 Å². The van der Waals surface area contributed by atoms with Gasteiger partial charge >= 0.3 is 0 Å². The van der Waals surface area contributed by atoms with Crippen LogP contribution >= 0.6 is 11.6 Å². The Bertz CT molecular complexity index is 874. The number of amides is 2. The Kier molecular flexibility index (Phi) is 9.78. The van der Waals surface area contributed by atoms with E-state index in [1.54, 1.807) is 0 Å². The van der Waals surface area contributed by atoms with Crippen LogP contribution in [0.5, 0.6) is 0 Å². The number of carbonyl (C=O) groups is 2. The average molecular weight is 472 g/mol. The molecule has 1 aliphatic carbocycles. The van der Waals surface area contributed by atoms with Crippen molar-refractivity contribution < 1.29 is 18.0 Å². The van der Waals surface area contributed by atoms with Gasteiger partial charge in [-0.15, -0.1) is 0 Å². The van der Waals surface area contributed by atoms with Crippen LogP contribution in [0.15, 0.2) is 23.1 Å². The Morgan fingerprint density at radius 1 is 1.13 bits per heavy atom. The minimum absolute atomic E-state index is 0.0188. The molecule has 0 aromatic heterocycles. The van der Waals surface area contributed by atoms with Crippen LogP contribution in [-0.2, 0) is 14.8 Å². The molecule has 1 aliphatic rings. The van der Waals surface area contributed by atoms with Crippen molar-refractivity contribution in [1.29, 1.82) is 0 Å². The lowest BCUT2D eigenvalue weighted by molar-refractivity contribution is -0.122. The number of hydrogen-bond acceptors (Lipinski definition) is 4. The number of rotatable bonds is 10. The molecule has 0 saturated heterocycles. The first-order valence-electron chi connectivity index (χ1n) is 10.9. The zero-order valence-electron chi connectivity index (χ0n) is 18.6. The molecule has 7 nitrogen and oxygen atoms in total. The van der Waals surface area contributed by atoms with E-state index in [0.29, 0.717) is 24.9 Å². The van der Waals surface area contributed by atoms with Crippen LogP contribution in [-0.4, -0.2) is 51.2 Å². The maximum atomic E-state index is 12.4. The SMILES string of the molecule is CC1CCCCC1NC(=O)CCCCCNC(=O)c1cc(S(=O)(=O)N(C)C)ccc1Cl. The van der Waals surface area contributed by atoms with Gasteiger partial charge in [-0.1, -0.05) is 37.8 Å². The van der Waals surface area contributed by atoms with Gasteiger partial charge in [0.05, 0.1) is 15.5 Å². The van der Waals surface area contributed by atoms with Crippen LogP contribution in [0.1, 0.15) is 68.6 Å². The highest BCUT2D eigenvalue weighted by Crippen LogP contribution is 2.24. The zero-order chi connectivity index (χ0) is 23.0. The first-order valence-corrected chi connectivity index (χ1v) is 12.7. The molecule has 2 atom stereocenters. The lowest BCUT2D eigenvalue weighted by Gasteiger charge is -2.29. The van der Waals surface area contributed by atoms with Crippen molar-refractivity contribution >= 4 is 33.4 Å². The second-order valence-corrected chi connectivity index (χ2v) is 11.0. The third-order valence-electron chi connectivity index (χ3n) is 5.79. The summed E-state index contributed by atoms with van der Waals surface area (Å²) >= 11 is 6.09. The standard InChI is InChI=1S/C22H34ClN3O4S/c1-16-9-6-7-10-20(16)25-21(27)11-5-4-8-14-24-22(28)18-15-17(12-13-19(18)23)31(29,30)26(2)3/h12-13,15-16,20H,4-11,14H2,1-3H3,(H,24,28)(H,25,27). The van der Waals surface area contributed by atoms with Crippen LogP contribution in [0.2, 0.25) is 5.02 Å². The molecule has 2 amide bonds. The minimum Gasteiger partial charge on any atom is -0.353 e. The van der Waals surface area contributed by atoms with E-state index < -0.39 is 15.9 Å². The zero-order valence-corrected chi connectivity index (χ0v) is 20.2. The van der Waals surface area contributed by atoms with E-state index in [9.17, 15) is 18.0 Å². The molecule has 2 N–H and O–H groups in total. The second kappa shape index (κ2) is 11.8. The quantitative estimate of drug-likeness (QED) is 0.510. The van der Waals surface area contributed by atoms with Gasteiger partial charge in [-0.2, -0.15) is 0 Å². The summed E-state index contributed by atoms with van der Waals surface area (Å²) in [5, 5.41) is 6.13. The summed E-state index contributed by atoms with van der Waals surface area (Å²) in [5.74, 6) is 0.240. The first kappa shape index (κ1) is 25.6. The fourth-order valence-corrected chi connectivity index (χ4v) is 4.88. The molecule has 9 heteroatoms. The third-order valence-corrected chi connectivity index (χ3v) is 7.93. The molecule has 0 radical (unpaired) electrons. The number of halogens is 1. The van der Waals surface area contributed by atoms with E-state index >= 15 is 0 Å². The van der Waals surface area contributed by atoms with Gasteiger partial charge in [0, 0.05) is 33.1 Å². The molecule has 0 spiro atoms. The highest BCUT2D eigenvalue weighted by Gasteiger charge is 2.23. The molecular formula is C22H34ClN3O4S. The number of carbonyl (C=O) groups excluding carboxylic acids is 2. The molecule has 0 heterocycles. The highest BCUT2D eigenvalue weighted by atomic mass is 35.5. The molecule has 1 aromatic carbocycles. The molecule has 1 aromatic rings. The second-order valence-electron chi connectivity index (χ2n) is 8.43. The number of nitrogens with zero attached hydrogens (tertiary/aromatic N) is 1. The lowest BCUT2D eigenvalue weighted by atomic mass is 9.86. The van der Waals surface area contributed by atoms with Crippen molar-refractivity contribution in [2.24, 2.45) is 5.92 Å². The summed E-state index contributed by atoms with van der Waals surface area (Å²) in [4.78, 5) is 24.6. The fraction of sp³-hybridized carbons (Fsp3) is 0.636.